The molecule has 0 N–H and O–H groups in total. The van der Waals surface area contributed by atoms with Crippen molar-refractivity contribution in [3.05, 3.63) is 94.8 Å². The van der Waals surface area contributed by atoms with E-state index in [0.29, 0.717) is 27.7 Å². The van der Waals surface area contributed by atoms with Crippen LogP contribution in [-0.4, -0.2) is 9.97 Å². The number of nitrogens with zero attached hydrogens (tertiary/aromatic N) is 2. The molecule has 1 aromatic heterocycles. The van der Waals surface area contributed by atoms with E-state index in [9.17, 15) is 17.6 Å². The van der Waals surface area contributed by atoms with Gasteiger partial charge < -0.3 is 0 Å². The molecule has 0 aliphatic heterocycles. The predicted octanol–water partition coefficient (Wildman–Crippen LogP) is 6.94. The number of aromatic nitrogens is 2. The fraction of sp³-hybridized carbons (Fsp3) is 0.200. The molecule has 3 aromatic carbocycles. The van der Waals surface area contributed by atoms with E-state index in [-0.39, 0.29) is 12.8 Å². The number of hydrogen-bond acceptors (Lipinski definition) is 2. The van der Waals surface area contributed by atoms with E-state index in [0.717, 1.165) is 29.7 Å². The van der Waals surface area contributed by atoms with E-state index in [1.54, 1.807) is 36.7 Å². The van der Waals surface area contributed by atoms with Crippen LogP contribution in [0.5, 0.6) is 0 Å². The molecule has 7 heteroatoms. The summed E-state index contributed by atoms with van der Waals surface area (Å²) in [5, 5.41) is 1.11. The average molecular weight is 442 g/mol. The highest BCUT2D eigenvalue weighted by Gasteiger charge is 2.33. The SMILES string of the molecule is CCc1cnc(-c2ccc3c(F)c(CCc4ccc(C(F)(F)F)c(F)c4)ccc3c2)nc1. The van der Waals surface area contributed by atoms with Crippen LogP contribution in [0.1, 0.15) is 29.2 Å². The van der Waals surface area contributed by atoms with Crippen molar-refractivity contribution in [2.24, 2.45) is 0 Å². The molecule has 0 saturated heterocycles. The Morgan fingerprint density at radius 3 is 2.22 bits per heavy atom. The van der Waals surface area contributed by atoms with Gasteiger partial charge in [0.05, 0.1) is 5.56 Å². The minimum atomic E-state index is -4.74. The van der Waals surface area contributed by atoms with Crippen LogP contribution >= 0.6 is 0 Å². The molecule has 4 rings (SSSR count). The number of aryl methyl sites for hydroxylation is 3. The van der Waals surface area contributed by atoms with Gasteiger partial charge in [-0.1, -0.05) is 37.3 Å². The number of halogens is 5. The summed E-state index contributed by atoms with van der Waals surface area (Å²) in [6.45, 7) is 2.02. The molecule has 1 heterocycles. The quantitative estimate of drug-likeness (QED) is 0.313. The highest BCUT2D eigenvalue weighted by molar-refractivity contribution is 5.87. The topological polar surface area (TPSA) is 25.8 Å². The second kappa shape index (κ2) is 8.65. The Hall–Kier alpha value is -3.35. The molecule has 0 aliphatic rings. The summed E-state index contributed by atoms with van der Waals surface area (Å²) in [7, 11) is 0. The zero-order chi connectivity index (χ0) is 22.9. The zero-order valence-electron chi connectivity index (χ0n) is 17.2. The van der Waals surface area contributed by atoms with E-state index in [4.69, 9.17) is 0 Å². The van der Waals surface area contributed by atoms with E-state index < -0.39 is 23.4 Å². The Bertz CT molecular complexity index is 1260. The van der Waals surface area contributed by atoms with Crippen molar-refractivity contribution < 1.29 is 22.0 Å². The maximum atomic E-state index is 15.1. The van der Waals surface area contributed by atoms with Crippen molar-refractivity contribution in [3.8, 4) is 11.4 Å². The van der Waals surface area contributed by atoms with Gasteiger partial charge in [0.2, 0.25) is 0 Å². The average Bonchev–Trinajstić information content (AvgIpc) is 2.77. The molecular weight excluding hydrogens is 423 g/mol. The van der Waals surface area contributed by atoms with Crippen molar-refractivity contribution in [2.45, 2.75) is 32.4 Å². The Labute approximate surface area is 181 Å². The maximum Gasteiger partial charge on any atom is 0.419 e. The summed E-state index contributed by atoms with van der Waals surface area (Å²) in [4.78, 5) is 8.70. The monoisotopic (exact) mass is 442 g/mol. The van der Waals surface area contributed by atoms with Gasteiger partial charge in [-0.25, -0.2) is 18.7 Å². The highest BCUT2D eigenvalue weighted by atomic mass is 19.4. The molecule has 2 nitrogen and oxygen atoms in total. The second-order valence-electron chi connectivity index (χ2n) is 7.56. The van der Waals surface area contributed by atoms with Gasteiger partial charge in [0.1, 0.15) is 11.6 Å². The van der Waals surface area contributed by atoms with E-state index in [1.807, 2.05) is 13.0 Å². The fourth-order valence-electron chi connectivity index (χ4n) is 3.58. The number of fused-ring (bicyclic) bond motifs is 1. The lowest BCUT2D eigenvalue weighted by Crippen LogP contribution is -2.08. The molecule has 0 amide bonds. The maximum absolute atomic E-state index is 15.1. The van der Waals surface area contributed by atoms with Crippen molar-refractivity contribution >= 4 is 10.8 Å². The van der Waals surface area contributed by atoms with E-state index in [1.165, 1.54) is 6.07 Å². The van der Waals surface area contributed by atoms with Gasteiger partial charge in [-0.05, 0) is 59.5 Å². The molecule has 0 bridgehead atoms. The third-order valence-corrected chi connectivity index (χ3v) is 5.43. The Balaban J connectivity index is 1.55. The lowest BCUT2D eigenvalue weighted by atomic mass is 9.98. The molecular formula is C25H19F5N2. The summed E-state index contributed by atoms with van der Waals surface area (Å²) in [5.74, 6) is -1.17. The van der Waals surface area contributed by atoms with Crippen LogP contribution in [0.3, 0.4) is 0 Å². The van der Waals surface area contributed by atoms with Crippen LogP contribution in [0.4, 0.5) is 22.0 Å². The zero-order valence-corrected chi connectivity index (χ0v) is 17.2. The third kappa shape index (κ3) is 4.47. The van der Waals surface area contributed by atoms with Gasteiger partial charge >= 0.3 is 6.18 Å². The van der Waals surface area contributed by atoms with Crippen LogP contribution in [0.25, 0.3) is 22.2 Å². The summed E-state index contributed by atoms with van der Waals surface area (Å²) < 4.78 is 66.9. The first-order chi connectivity index (χ1) is 15.3. The fourth-order valence-corrected chi connectivity index (χ4v) is 3.58. The van der Waals surface area contributed by atoms with Gasteiger partial charge in [-0.2, -0.15) is 13.2 Å². The standard InChI is InChI=1S/C25H19F5N2/c1-2-15-13-31-24(32-14-15)19-8-9-20-18(12-19)7-6-17(23(20)27)5-3-16-4-10-21(22(26)11-16)25(28,29)30/h4,6-14H,2-3,5H2,1H3. The molecule has 0 radical (unpaired) electrons. The predicted molar refractivity (Wildman–Crippen MR) is 113 cm³/mol. The smallest absolute Gasteiger partial charge is 0.236 e. The van der Waals surface area contributed by atoms with Gasteiger partial charge in [0, 0.05) is 23.3 Å². The molecule has 0 spiro atoms. The third-order valence-electron chi connectivity index (χ3n) is 5.43. The van der Waals surface area contributed by atoms with Crippen LogP contribution < -0.4 is 0 Å². The summed E-state index contributed by atoms with van der Waals surface area (Å²) in [6.07, 6.45) is 0.0732. The van der Waals surface area contributed by atoms with Crippen molar-refractivity contribution in [2.75, 3.05) is 0 Å². The van der Waals surface area contributed by atoms with Gasteiger partial charge in [0.15, 0.2) is 5.82 Å². The van der Waals surface area contributed by atoms with Crippen LogP contribution in [0.2, 0.25) is 0 Å². The summed E-state index contributed by atoms with van der Waals surface area (Å²) in [5.41, 5.74) is 1.28. The van der Waals surface area contributed by atoms with Gasteiger partial charge in [-0.3, -0.25) is 0 Å². The normalized spacial score (nSPS) is 11.8. The summed E-state index contributed by atoms with van der Waals surface area (Å²) >= 11 is 0. The first-order valence-corrected chi connectivity index (χ1v) is 10.1. The lowest BCUT2D eigenvalue weighted by Gasteiger charge is -2.11. The van der Waals surface area contributed by atoms with Crippen molar-refractivity contribution in [3.63, 3.8) is 0 Å². The highest BCUT2D eigenvalue weighted by Crippen LogP contribution is 2.32. The molecule has 0 unspecified atom stereocenters. The first kappa shape index (κ1) is 21.9. The molecule has 4 aromatic rings. The number of benzene rings is 3. The van der Waals surface area contributed by atoms with Crippen molar-refractivity contribution in [1.29, 1.82) is 0 Å². The van der Waals surface area contributed by atoms with Crippen LogP contribution in [-0.2, 0) is 25.4 Å². The Kier molecular flexibility index (Phi) is 5.91. The molecule has 164 valence electrons. The second-order valence-corrected chi connectivity index (χ2v) is 7.56. The van der Waals surface area contributed by atoms with Gasteiger partial charge in [0.25, 0.3) is 0 Å². The van der Waals surface area contributed by atoms with Crippen LogP contribution in [0.15, 0.2) is 60.9 Å². The van der Waals surface area contributed by atoms with Gasteiger partial charge in [-0.15, -0.1) is 0 Å². The van der Waals surface area contributed by atoms with E-state index >= 15 is 4.39 Å². The summed E-state index contributed by atoms with van der Waals surface area (Å²) in [6, 6.07) is 11.5. The number of rotatable bonds is 5. The number of alkyl halides is 3. The molecule has 0 atom stereocenters. The molecule has 0 saturated carbocycles. The minimum Gasteiger partial charge on any atom is -0.236 e. The molecule has 0 fully saturated rings. The Morgan fingerprint density at radius 1 is 0.812 bits per heavy atom. The minimum absolute atomic E-state index is 0.215. The number of hydrogen-bond donors (Lipinski definition) is 0. The molecule has 32 heavy (non-hydrogen) atoms. The molecule has 0 aliphatic carbocycles. The largest absolute Gasteiger partial charge is 0.419 e. The lowest BCUT2D eigenvalue weighted by molar-refractivity contribution is -0.140. The first-order valence-electron chi connectivity index (χ1n) is 10.1. The van der Waals surface area contributed by atoms with Crippen molar-refractivity contribution in [1.82, 2.24) is 9.97 Å². The Morgan fingerprint density at radius 2 is 1.56 bits per heavy atom. The van der Waals surface area contributed by atoms with Crippen LogP contribution in [0, 0.1) is 11.6 Å². The van der Waals surface area contributed by atoms with E-state index in [2.05, 4.69) is 9.97 Å².